The van der Waals surface area contributed by atoms with Gasteiger partial charge in [0, 0.05) is 18.2 Å². The Hall–Kier alpha value is -3.36. The Balaban J connectivity index is 2.07. The minimum absolute atomic E-state index is 0.0212. The topological polar surface area (TPSA) is 77.0 Å². The molecule has 0 radical (unpaired) electrons. The van der Waals surface area contributed by atoms with Crippen LogP contribution in [0.4, 0.5) is 8.78 Å². The van der Waals surface area contributed by atoms with Gasteiger partial charge < -0.3 is 9.32 Å². The summed E-state index contributed by atoms with van der Waals surface area (Å²) in [7, 11) is 0. The van der Waals surface area contributed by atoms with Crippen LogP contribution in [0, 0.1) is 0 Å². The van der Waals surface area contributed by atoms with Crippen molar-refractivity contribution in [3.8, 4) is 11.4 Å². The van der Waals surface area contributed by atoms with E-state index in [0.29, 0.717) is 23.6 Å². The molecule has 1 amide bonds. The summed E-state index contributed by atoms with van der Waals surface area (Å²) in [6, 6.07) is 12.4. The van der Waals surface area contributed by atoms with E-state index in [0.717, 1.165) is 4.90 Å². The molecule has 0 aliphatic carbocycles. The van der Waals surface area contributed by atoms with Gasteiger partial charge in [-0.2, -0.15) is 4.68 Å². The highest BCUT2D eigenvalue weighted by Gasteiger charge is 2.26. The highest BCUT2D eigenvalue weighted by atomic mass is 19.3. The van der Waals surface area contributed by atoms with E-state index in [-0.39, 0.29) is 12.2 Å². The van der Waals surface area contributed by atoms with Gasteiger partial charge in [-0.05, 0) is 29.0 Å². The highest BCUT2D eigenvalue weighted by molar-refractivity contribution is 6.18. The molecule has 9 heteroatoms. The summed E-state index contributed by atoms with van der Waals surface area (Å²) in [5.74, 6) is 0.0923. The van der Waals surface area contributed by atoms with Gasteiger partial charge in [-0.3, -0.25) is 4.79 Å². The van der Waals surface area contributed by atoms with Gasteiger partial charge in [-0.25, -0.2) is 8.78 Å². The SMILES string of the molecule is CCCN(CC(F)F)C(=O)/C(=C/c1ccco1)n1nnnc1-c1ccccc1. The van der Waals surface area contributed by atoms with Crippen molar-refractivity contribution in [3.05, 3.63) is 54.5 Å². The molecule has 0 fully saturated rings. The molecule has 0 bridgehead atoms. The molecule has 0 aliphatic heterocycles. The standard InChI is InChI=1S/C19H19F2N5O2/c1-2-10-25(13-17(20)21)19(27)16(12-15-9-6-11-28-15)26-18(22-23-24-26)14-7-4-3-5-8-14/h3-9,11-12,17H,2,10,13H2,1H3/b16-12-. The Morgan fingerprint density at radius 1 is 1.25 bits per heavy atom. The summed E-state index contributed by atoms with van der Waals surface area (Å²) >= 11 is 0. The second kappa shape index (κ2) is 9.03. The number of tetrazole rings is 1. The summed E-state index contributed by atoms with van der Waals surface area (Å²) < 4.78 is 32.6. The van der Waals surface area contributed by atoms with Crippen molar-refractivity contribution in [1.29, 1.82) is 0 Å². The van der Waals surface area contributed by atoms with Crippen molar-refractivity contribution in [2.45, 2.75) is 19.8 Å². The lowest BCUT2D eigenvalue weighted by Gasteiger charge is -2.23. The first-order valence-corrected chi connectivity index (χ1v) is 8.77. The zero-order valence-corrected chi connectivity index (χ0v) is 15.2. The highest BCUT2D eigenvalue weighted by Crippen LogP contribution is 2.22. The first-order valence-electron chi connectivity index (χ1n) is 8.77. The molecule has 0 N–H and O–H groups in total. The van der Waals surface area contributed by atoms with Crippen LogP contribution in [0.25, 0.3) is 23.2 Å². The Morgan fingerprint density at radius 3 is 2.68 bits per heavy atom. The molecule has 0 unspecified atom stereocenters. The number of carbonyl (C=O) groups excluding carboxylic acids is 1. The molecule has 0 atom stereocenters. The predicted molar refractivity (Wildman–Crippen MR) is 99.0 cm³/mol. The molecule has 146 valence electrons. The quantitative estimate of drug-likeness (QED) is 0.554. The molecule has 0 saturated carbocycles. The molecule has 1 aromatic carbocycles. The van der Waals surface area contributed by atoms with Gasteiger partial charge in [-0.15, -0.1) is 5.10 Å². The molecule has 28 heavy (non-hydrogen) atoms. The first-order chi connectivity index (χ1) is 13.6. The third-order valence-electron chi connectivity index (χ3n) is 3.91. The lowest BCUT2D eigenvalue weighted by atomic mass is 10.2. The lowest BCUT2D eigenvalue weighted by Crippen LogP contribution is -2.37. The molecule has 3 aromatic rings. The van der Waals surface area contributed by atoms with Gasteiger partial charge >= 0.3 is 0 Å². The summed E-state index contributed by atoms with van der Waals surface area (Å²) in [5.41, 5.74) is 0.703. The number of aromatic nitrogens is 4. The van der Waals surface area contributed by atoms with E-state index < -0.39 is 18.9 Å². The number of amides is 1. The van der Waals surface area contributed by atoms with Crippen molar-refractivity contribution in [2.24, 2.45) is 0 Å². The first kappa shape index (κ1) is 19.4. The largest absolute Gasteiger partial charge is 0.465 e. The van der Waals surface area contributed by atoms with E-state index in [2.05, 4.69) is 15.5 Å². The average Bonchev–Trinajstić information content (AvgIpc) is 3.37. The van der Waals surface area contributed by atoms with Crippen LogP contribution in [0.15, 0.2) is 53.1 Å². The fourth-order valence-electron chi connectivity index (χ4n) is 2.71. The van der Waals surface area contributed by atoms with Crippen LogP contribution < -0.4 is 0 Å². The van der Waals surface area contributed by atoms with Crippen LogP contribution in [0.3, 0.4) is 0 Å². The van der Waals surface area contributed by atoms with Crippen LogP contribution >= 0.6 is 0 Å². The number of furan rings is 1. The Kier molecular flexibility index (Phi) is 6.25. The normalized spacial score (nSPS) is 11.8. The van der Waals surface area contributed by atoms with E-state index >= 15 is 0 Å². The fraction of sp³-hybridized carbons (Fsp3) is 0.263. The second-order valence-corrected chi connectivity index (χ2v) is 5.97. The van der Waals surface area contributed by atoms with E-state index in [4.69, 9.17) is 4.42 Å². The Bertz CT molecular complexity index is 923. The van der Waals surface area contributed by atoms with Crippen LogP contribution in [-0.4, -0.2) is 50.5 Å². The van der Waals surface area contributed by atoms with Gasteiger partial charge in [-0.1, -0.05) is 37.3 Å². The van der Waals surface area contributed by atoms with Gasteiger partial charge in [0.15, 0.2) is 5.82 Å². The van der Waals surface area contributed by atoms with E-state index in [1.165, 1.54) is 17.0 Å². The molecular weight excluding hydrogens is 368 g/mol. The number of rotatable bonds is 8. The van der Waals surface area contributed by atoms with Crippen molar-refractivity contribution in [2.75, 3.05) is 13.1 Å². The Morgan fingerprint density at radius 2 is 2.04 bits per heavy atom. The molecule has 0 aliphatic rings. The van der Waals surface area contributed by atoms with Gasteiger partial charge in [0.2, 0.25) is 0 Å². The number of hydrogen-bond donors (Lipinski definition) is 0. The third-order valence-corrected chi connectivity index (χ3v) is 3.91. The van der Waals surface area contributed by atoms with Gasteiger partial charge in [0.25, 0.3) is 12.3 Å². The second-order valence-electron chi connectivity index (χ2n) is 5.97. The molecule has 3 rings (SSSR count). The van der Waals surface area contributed by atoms with Gasteiger partial charge in [0.05, 0.1) is 12.8 Å². The van der Waals surface area contributed by atoms with Crippen LogP contribution in [0.5, 0.6) is 0 Å². The van der Waals surface area contributed by atoms with E-state index in [9.17, 15) is 13.6 Å². The zero-order chi connectivity index (χ0) is 19.9. The number of alkyl halides is 2. The maximum atomic E-state index is 13.1. The van der Waals surface area contributed by atoms with E-state index in [1.807, 2.05) is 25.1 Å². The number of carbonyl (C=O) groups is 1. The molecular formula is C19H19F2N5O2. The summed E-state index contributed by atoms with van der Waals surface area (Å²) in [5, 5.41) is 11.6. The summed E-state index contributed by atoms with van der Waals surface area (Å²) in [4.78, 5) is 14.2. The van der Waals surface area contributed by atoms with Crippen LogP contribution in [0.1, 0.15) is 19.1 Å². The number of benzene rings is 1. The average molecular weight is 387 g/mol. The molecule has 0 saturated heterocycles. The van der Waals surface area contributed by atoms with Crippen molar-refractivity contribution in [1.82, 2.24) is 25.1 Å². The van der Waals surface area contributed by atoms with Crippen molar-refractivity contribution in [3.63, 3.8) is 0 Å². The van der Waals surface area contributed by atoms with Crippen LogP contribution in [-0.2, 0) is 4.79 Å². The number of hydrogen-bond acceptors (Lipinski definition) is 5. The predicted octanol–water partition coefficient (Wildman–Crippen LogP) is 3.43. The summed E-state index contributed by atoms with van der Waals surface area (Å²) in [6.45, 7) is 1.32. The smallest absolute Gasteiger partial charge is 0.273 e. The summed E-state index contributed by atoms with van der Waals surface area (Å²) in [6.07, 6.45) is 0.782. The lowest BCUT2D eigenvalue weighted by molar-refractivity contribution is -0.127. The number of nitrogens with zero attached hydrogens (tertiary/aromatic N) is 5. The maximum Gasteiger partial charge on any atom is 0.273 e. The van der Waals surface area contributed by atoms with Crippen molar-refractivity contribution < 1.29 is 18.0 Å². The molecule has 2 aromatic heterocycles. The van der Waals surface area contributed by atoms with Crippen molar-refractivity contribution >= 4 is 17.7 Å². The van der Waals surface area contributed by atoms with Gasteiger partial charge in [0.1, 0.15) is 11.5 Å². The molecule has 7 nitrogen and oxygen atoms in total. The molecule has 2 heterocycles. The monoisotopic (exact) mass is 387 g/mol. The third kappa shape index (κ3) is 4.48. The van der Waals surface area contributed by atoms with E-state index in [1.54, 1.807) is 24.3 Å². The number of halogens is 2. The zero-order valence-electron chi connectivity index (χ0n) is 15.2. The maximum absolute atomic E-state index is 13.1. The fourth-order valence-corrected chi connectivity index (χ4v) is 2.71. The minimum Gasteiger partial charge on any atom is -0.465 e. The minimum atomic E-state index is -2.65. The van der Waals surface area contributed by atoms with Crippen LogP contribution in [0.2, 0.25) is 0 Å². The Labute approximate surface area is 160 Å². The molecule has 0 spiro atoms.